The summed E-state index contributed by atoms with van der Waals surface area (Å²) in [5.41, 5.74) is 0.985. The number of nitriles is 1. The Balaban J connectivity index is 2.85. The number of hydrogen-bond donors (Lipinski definition) is 1. The van der Waals surface area contributed by atoms with Gasteiger partial charge in [0.2, 0.25) is 0 Å². The van der Waals surface area contributed by atoms with E-state index in [1.54, 1.807) is 20.0 Å². The van der Waals surface area contributed by atoms with E-state index in [2.05, 4.69) is 22.9 Å². The first-order chi connectivity index (χ1) is 9.08. The molecule has 1 aromatic heterocycles. The van der Waals surface area contributed by atoms with Gasteiger partial charge < -0.3 is 10.0 Å². The Morgan fingerprint density at radius 2 is 2.32 bits per heavy atom. The third kappa shape index (κ3) is 4.42. The van der Waals surface area contributed by atoms with Crippen molar-refractivity contribution in [1.82, 2.24) is 9.88 Å². The number of carbonyl (C=O) groups is 1. The van der Waals surface area contributed by atoms with Gasteiger partial charge in [-0.3, -0.25) is 9.78 Å². The Labute approximate surface area is 112 Å². The Morgan fingerprint density at radius 1 is 1.58 bits per heavy atom. The van der Waals surface area contributed by atoms with Gasteiger partial charge in [0.1, 0.15) is 6.61 Å². The summed E-state index contributed by atoms with van der Waals surface area (Å²) in [6.07, 6.45) is 2.98. The van der Waals surface area contributed by atoms with Gasteiger partial charge in [-0.1, -0.05) is 11.8 Å². The zero-order valence-electron chi connectivity index (χ0n) is 10.9. The van der Waals surface area contributed by atoms with Crippen molar-refractivity contribution >= 4 is 5.91 Å². The van der Waals surface area contributed by atoms with Crippen molar-refractivity contribution in [3.63, 3.8) is 0 Å². The van der Waals surface area contributed by atoms with Gasteiger partial charge in [0.15, 0.2) is 0 Å². The van der Waals surface area contributed by atoms with Crippen LogP contribution in [0.3, 0.4) is 0 Å². The van der Waals surface area contributed by atoms with E-state index in [1.165, 1.54) is 17.3 Å². The number of pyridine rings is 1. The highest BCUT2D eigenvalue weighted by atomic mass is 16.2. The predicted molar refractivity (Wildman–Crippen MR) is 69.9 cm³/mol. The molecule has 0 bridgehead atoms. The monoisotopic (exact) mass is 257 g/mol. The summed E-state index contributed by atoms with van der Waals surface area (Å²) < 4.78 is 0. The van der Waals surface area contributed by atoms with E-state index in [1.807, 2.05) is 0 Å². The highest BCUT2D eigenvalue weighted by Gasteiger charge is 2.14. The molecule has 0 aromatic carbocycles. The number of amides is 1. The number of aliphatic hydroxyl groups is 1. The quantitative estimate of drug-likeness (QED) is 0.807. The van der Waals surface area contributed by atoms with Crippen molar-refractivity contribution in [2.45, 2.75) is 6.92 Å². The molecule has 98 valence electrons. The van der Waals surface area contributed by atoms with Gasteiger partial charge in [-0.25, -0.2) is 0 Å². The lowest BCUT2D eigenvalue weighted by Gasteiger charge is -2.18. The maximum Gasteiger partial charge on any atom is 0.255 e. The Hall–Kier alpha value is -2.37. The summed E-state index contributed by atoms with van der Waals surface area (Å²) in [5.74, 6) is 4.76. The zero-order valence-corrected chi connectivity index (χ0v) is 10.9. The average Bonchev–Trinajstić information content (AvgIpc) is 2.44. The number of carbonyl (C=O) groups excluding carboxylic acids is 1. The lowest BCUT2D eigenvalue weighted by molar-refractivity contribution is 0.0784. The van der Waals surface area contributed by atoms with Crippen LogP contribution in [0.1, 0.15) is 22.8 Å². The minimum Gasteiger partial charge on any atom is -0.384 e. The van der Waals surface area contributed by atoms with Crippen LogP contribution in [-0.4, -0.2) is 41.1 Å². The molecule has 1 aromatic rings. The number of rotatable bonds is 3. The van der Waals surface area contributed by atoms with Gasteiger partial charge in [0.25, 0.3) is 5.91 Å². The van der Waals surface area contributed by atoms with Crippen LogP contribution in [0.4, 0.5) is 0 Å². The fraction of sp³-hybridized carbons (Fsp3) is 0.357. The predicted octanol–water partition coefficient (Wildman–Crippen LogP) is 0.657. The second-order valence-electron chi connectivity index (χ2n) is 4.14. The molecule has 19 heavy (non-hydrogen) atoms. The van der Waals surface area contributed by atoms with Gasteiger partial charge in [-0.05, 0) is 13.0 Å². The van der Waals surface area contributed by atoms with E-state index in [9.17, 15) is 4.79 Å². The van der Waals surface area contributed by atoms with E-state index in [0.29, 0.717) is 17.7 Å². The second kappa shape index (κ2) is 7.15. The average molecular weight is 257 g/mol. The van der Waals surface area contributed by atoms with Crippen LogP contribution in [0.25, 0.3) is 0 Å². The molecule has 1 heterocycles. The molecule has 0 radical (unpaired) electrons. The lowest BCUT2D eigenvalue weighted by atomic mass is 10.1. The molecule has 0 aliphatic carbocycles. The van der Waals surface area contributed by atoms with Crippen LogP contribution >= 0.6 is 0 Å². The van der Waals surface area contributed by atoms with Gasteiger partial charge in [-0.2, -0.15) is 5.26 Å². The smallest absolute Gasteiger partial charge is 0.255 e. The van der Waals surface area contributed by atoms with Crippen LogP contribution in [0.15, 0.2) is 18.5 Å². The van der Waals surface area contributed by atoms with Crippen LogP contribution in [0, 0.1) is 29.1 Å². The third-order valence-corrected chi connectivity index (χ3v) is 2.41. The first kappa shape index (κ1) is 14.7. The Kier molecular flexibility index (Phi) is 5.53. The maximum atomic E-state index is 12.1. The van der Waals surface area contributed by atoms with E-state index in [0.717, 1.165) is 0 Å². The standard InChI is InChI=1S/C14H15N3O2/c1-11(7-15)10-17(2)14(19)13-6-12(4-3-5-18)8-16-9-13/h6,8-9,11,18H,5,10H2,1-2H3. The molecule has 0 saturated carbocycles. The molecule has 1 atom stereocenters. The van der Waals surface area contributed by atoms with Crippen LogP contribution in [0.5, 0.6) is 0 Å². The molecule has 5 heteroatoms. The highest BCUT2D eigenvalue weighted by Crippen LogP contribution is 2.07. The van der Waals surface area contributed by atoms with E-state index >= 15 is 0 Å². The minimum absolute atomic E-state index is 0.206. The lowest BCUT2D eigenvalue weighted by Crippen LogP contribution is -2.30. The van der Waals surface area contributed by atoms with Crippen LogP contribution in [-0.2, 0) is 0 Å². The second-order valence-corrected chi connectivity index (χ2v) is 4.14. The van der Waals surface area contributed by atoms with Crippen molar-refractivity contribution in [2.24, 2.45) is 5.92 Å². The van der Waals surface area contributed by atoms with Crippen LogP contribution in [0.2, 0.25) is 0 Å². The topological polar surface area (TPSA) is 77.2 Å². The third-order valence-electron chi connectivity index (χ3n) is 2.41. The number of hydrogen-bond acceptors (Lipinski definition) is 4. The van der Waals surface area contributed by atoms with Gasteiger partial charge in [-0.15, -0.1) is 0 Å². The summed E-state index contributed by atoms with van der Waals surface area (Å²) in [6.45, 7) is 1.88. The van der Waals surface area contributed by atoms with E-state index in [4.69, 9.17) is 10.4 Å². The van der Waals surface area contributed by atoms with Gasteiger partial charge >= 0.3 is 0 Å². The van der Waals surface area contributed by atoms with Crippen LogP contribution < -0.4 is 0 Å². The maximum absolute atomic E-state index is 12.1. The highest BCUT2D eigenvalue weighted by molar-refractivity contribution is 5.94. The molecular formula is C14H15N3O2. The minimum atomic E-state index is -0.238. The Bertz CT molecular complexity index is 552. The molecule has 0 aliphatic heterocycles. The number of nitrogens with zero attached hydrogens (tertiary/aromatic N) is 3. The largest absolute Gasteiger partial charge is 0.384 e. The normalized spacial score (nSPS) is 10.8. The fourth-order valence-electron chi connectivity index (χ4n) is 1.52. The summed E-state index contributed by atoms with van der Waals surface area (Å²) in [5, 5.41) is 17.4. The molecule has 1 N–H and O–H groups in total. The molecule has 0 aliphatic rings. The van der Waals surface area contributed by atoms with Crippen molar-refractivity contribution in [1.29, 1.82) is 5.26 Å². The Morgan fingerprint density at radius 3 is 2.95 bits per heavy atom. The number of aliphatic hydroxyl groups excluding tert-OH is 1. The SMILES string of the molecule is CC(C#N)CN(C)C(=O)c1cncc(C#CCO)c1. The van der Waals surface area contributed by atoms with Crippen molar-refractivity contribution in [3.8, 4) is 17.9 Å². The molecule has 1 rings (SSSR count). The van der Waals surface area contributed by atoms with Crippen molar-refractivity contribution in [2.75, 3.05) is 20.2 Å². The van der Waals surface area contributed by atoms with E-state index < -0.39 is 0 Å². The molecule has 1 amide bonds. The first-order valence-electron chi connectivity index (χ1n) is 5.78. The first-order valence-corrected chi connectivity index (χ1v) is 5.78. The molecule has 5 nitrogen and oxygen atoms in total. The van der Waals surface area contributed by atoms with Crippen molar-refractivity contribution in [3.05, 3.63) is 29.6 Å². The number of aromatic nitrogens is 1. The van der Waals surface area contributed by atoms with Crippen molar-refractivity contribution < 1.29 is 9.90 Å². The van der Waals surface area contributed by atoms with Gasteiger partial charge in [0, 0.05) is 31.5 Å². The summed E-state index contributed by atoms with van der Waals surface area (Å²) in [6, 6.07) is 3.70. The molecule has 0 spiro atoms. The molecule has 0 saturated heterocycles. The molecular weight excluding hydrogens is 242 g/mol. The summed E-state index contributed by atoms with van der Waals surface area (Å²) in [4.78, 5) is 17.5. The summed E-state index contributed by atoms with van der Waals surface area (Å²) in [7, 11) is 1.64. The molecule has 1 unspecified atom stereocenters. The molecule has 0 fully saturated rings. The zero-order chi connectivity index (χ0) is 14.3. The summed E-state index contributed by atoms with van der Waals surface area (Å²) >= 11 is 0. The van der Waals surface area contributed by atoms with Gasteiger partial charge in [0.05, 0.1) is 17.6 Å². The van der Waals surface area contributed by atoms with E-state index in [-0.39, 0.29) is 18.4 Å². The fourth-order valence-corrected chi connectivity index (χ4v) is 1.52.